The molecular formula is C8H6F3N3. The molecule has 0 bridgehead atoms. The summed E-state index contributed by atoms with van der Waals surface area (Å²) in [6.07, 6.45) is -2.89. The second-order valence-corrected chi connectivity index (χ2v) is 2.86. The molecule has 0 aromatic carbocycles. The van der Waals surface area contributed by atoms with Crippen LogP contribution in [0.5, 0.6) is 0 Å². The third-order valence-corrected chi connectivity index (χ3v) is 1.91. The smallest absolute Gasteiger partial charge is 0.286 e. The second kappa shape index (κ2) is 2.70. The molecule has 0 N–H and O–H groups in total. The van der Waals surface area contributed by atoms with E-state index in [1.165, 1.54) is 16.7 Å². The zero-order valence-electron chi connectivity index (χ0n) is 7.21. The number of alkyl halides is 3. The van der Waals surface area contributed by atoms with Gasteiger partial charge in [0.25, 0.3) is 0 Å². The maximum absolute atomic E-state index is 12.4. The molecule has 0 amide bonds. The molecule has 0 unspecified atom stereocenters. The van der Waals surface area contributed by atoms with Crippen molar-refractivity contribution in [1.29, 1.82) is 0 Å². The highest BCUT2D eigenvalue weighted by Crippen LogP contribution is 2.31. The molecule has 6 heteroatoms. The van der Waals surface area contributed by atoms with Gasteiger partial charge >= 0.3 is 6.18 Å². The molecule has 0 aliphatic carbocycles. The Labute approximate surface area is 77.2 Å². The van der Waals surface area contributed by atoms with E-state index in [1.807, 2.05) is 0 Å². The van der Waals surface area contributed by atoms with Crippen molar-refractivity contribution in [2.24, 2.45) is 0 Å². The maximum Gasteiger partial charge on any atom is 0.420 e. The Morgan fingerprint density at radius 2 is 2.00 bits per heavy atom. The van der Waals surface area contributed by atoms with Gasteiger partial charge in [-0.25, -0.2) is 0 Å². The van der Waals surface area contributed by atoms with E-state index >= 15 is 0 Å². The van der Waals surface area contributed by atoms with Gasteiger partial charge in [-0.1, -0.05) is 0 Å². The van der Waals surface area contributed by atoms with E-state index in [1.54, 1.807) is 6.92 Å². The number of hydrogen-bond acceptors (Lipinski definition) is 2. The SMILES string of the molecule is Cc1nnc2c(C(F)(F)F)cccn12. The summed E-state index contributed by atoms with van der Waals surface area (Å²) in [6.45, 7) is 1.60. The highest BCUT2D eigenvalue weighted by atomic mass is 19.4. The molecular weight excluding hydrogens is 195 g/mol. The van der Waals surface area contributed by atoms with Crippen LogP contribution in [0.1, 0.15) is 11.4 Å². The van der Waals surface area contributed by atoms with E-state index in [0.717, 1.165) is 6.07 Å². The lowest BCUT2D eigenvalue weighted by Crippen LogP contribution is -2.07. The Morgan fingerprint density at radius 3 is 2.64 bits per heavy atom. The largest absolute Gasteiger partial charge is 0.420 e. The van der Waals surface area contributed by atoms with E-state index in [0.29, 0.717) is 5.82 Å². The van der Waals surface area contributed by atoms with Crippen LogP contribution in [0.25, 0.3) is 5.65 Å². The molecule has 0 saturated heterocycles. The lowest BCUT2D eigenvalue weighted by molar-refractivity contribution is -0.136. The predicted molar refractivity (Wildman–Crippen MR) is 42.7 cm³/mol. The first kappa shape index (κ1) is 8.98. The fraction of sp³-hybridized carbons (Fsp3) is 0.250. The summed E-state index contributed by atoms with van der Waals surface area (Å²) in [4.78, 5) is 0. The van der Waals surface area contributed by atoms with Gasteiger partial charge in [0, 0.05) is 6.20 Å². The summed E-state index contributed by atoms with van der Waals surface area (Å²) < 4.78 is 38.6. The molecule has 74 valence electrons. The first-order valence-corrected chi connectivity index (χ1v) is 3.87. The molecule has 0 aliphatic heterocycles. The average molecular weight is 201 g/mol. The van der Waals surface area contributed by atoms with Gasteiger partial charge in [0.2, 0.25) is 0 Å². The van der Waals surface area contributed by atoms with E-state index in [9.17, 15) is 13.2 Å². The minimum Gasteiger partial charge on any atom is -0.286 e. The van der Waals surface area contributed by atoms with Gasteiger partial charge in [-0.2, -0.15) is 13.2 Å². The second-order valence-electron chi connectivity index (χ2n) is 2.86. The molecule has 2 rings (SSSR count). The monoisotopic (exact) mass is 201 g/mol. The quantitative estimate of drug-likeness (QED) is 0.653. The molecule has 0 atom stereocenters. The van der Waals surface area contributed by atoms with Crippen molar-refractivity contribution in [2.75, 3.05) is 0 Å². The van der Waals surface area contributed by atoms with Gasteiger partial charge in [-0.05, 0) is 19.1 Å². The van der Waals surface area contributed by atoms with E-state index < -0.39 is 11.7 Å². The number of pyridine rings is 1. The van der Waals surface area contributed by atoms with Gasteiger partial charge < -0.3 is 0 Å². The number of rotatable bonds is 0. The normalized spacial score (nSPS) is 12.3. The number of fused-ring (bicyclic) bond motifs is 1. The number of hydrogen-bond donors (Lipinski definition) is 0. The van der Waals surface area contributed by atoms with Crippen molar-refractivity contribution in [2.45, 2.75) is 13.1 Å². The molecule has 3 nitrogen and oxygen atoms in total. The maximum atomic E-state index is 12.4. The lowest BCUT2D eigenvalue weighted by atomic mass is 10.2. The van der Waals surface area contributed by atoms with Gasteiger partial charge in [0.1, 0.15) is 11.4 Å². The van der Waals surface area contributed by atoms with Crippen molar-refractivity contribution in [1.82, 2.24) is 14.6 Å². The van der Waals surface area contributed by atoms with Crippen LogP contribution in [0.3, 0.4) is 0 Å². The van der Waals surface area contributed by atoms with E-state index in [-0.39, 0.29) is 5.65 Å². The third kappa shape index (κ3) is 1.23. The summed E-state index contributed by atoms with van der Waals surface area (Å²) in [7, 11) is 0. The molecule has 0 aliphatic rings. The van der Waals surface area contributed by atoms with Gasteiger partial charge in [0.05, 0.1) is 0 Å². The van der Waals surface area contributed by atoms with Crippen molar-refractivity contribution < 1.29 is 13.2 Å². The number of aromatic nitrogens is 3. The average Bonchev–Trinajstić information content (AvgIpc) is 2.46. The zero-order chi connectivity index (χ0) is 10.3. The Bertz CT molecular complexity index is 472. The topological polar surface area (TPSA) is 30.2 Å². The Kier molecular flexibility index (Phi) is 1.73. The van der Waals surface area contributed by atoms with Crippen LogP contribution >= 0.6 is 0 Å². The summed E-state index contributed by atoms with van der Waals surface area (Å²) in [6, 6.07) is 2.32. The third-order valence-electron chi connectivity index (χ3n) is 1.91. The standard InChI is InChI=1S/C8H6F3N3/c1-5-12-13-7-6(8(9,10)11)3-2-4-14(5)7/h2-4H,1H3. The van der Waals surface area contributed by atoms with Crippen LogP contribution in [0.15, 0.2) is 18.3 Å². The predicted octanol–water partition coefficient (Wildman–Crippen LogP) is 2.06. The summed E-state index contributed by atoms with van der Waals surface area (Å²) in [5.74, 6) is 0.436. The van der Waals surface area contributed by atoms with Crippen LogP contribution in [0, 0.1) is 6.92 Å². The highest BCUT2D eigenvalue weighted by molar-refractivity contribution is 5.48. The van der Waals surface area contributed by atoms with Crippen molar-refractivity contribution in [3.63, 3.8) is 0 Å². The molecule has 0 radical (unpaired) electrons. The van der Waals surface area contributed by atoms with Crippen LogP contribution in [0.4, 0.5) is 13.2 Å². The van der Waals surface area contributed by atoms with Crippen LogP contribution in [-0.2, 0) is 6.18 Å². The van der Waals surface area contributed by atoms with Crippen molar-refractivity contribution in [3.05, 3.63) is 29.7 Å². The minimum absolute atomic E-state index is 0.155. The molecule has 2 aromatic heterocycles. The Morgan fingerprint density at radius 1 is 1.29 bits per heavy atom. The lowest BCUT2D eigenvalue weighted by Gasteiger charge is -2.06. The van der Waals surface area contributed by atoms with Crippen LogP contribution in [-0.4, -0.2) is 14.6 Å². The molecule has 0 saturated carbocycles. The van der Waals surface area contributed by atoms with Crippen LogP contribution < -0.4 is 0 Å². The highest BCUT2D eigenvalue weighted by Gasteiger charge is 2.34. The summed E-state index contributed by atoms with van der Waals surface area (Å²) >= 11 is 0. The van der Waals surface area contributed by atoms with Gasteiger partial charge in [-0.3, -0.25) is 4.40 Å². The van der Waals surface area contributed by atoms with E-state index in [4.69, 9.17) is 0 Å². The summed E-state index contributed by atoms with van der Waals surface area (Å²) in [5.41, 5.74) is -0.918. The first-order chi connectivity index (χ1) is 6.50. The number of nitrogens with zero attached hydrogens (tertiary/aromatic N) is 3. The number of aryl methyl sites for hydroxylation is 1. The van der Waals surface area contributed by atoms with Crippen molar-refractivity contribution in [3.8, 4) is 0 Å². The van der Waals surface area contributed by atoms with Crippen molar-refractivity contribution >= 4 is 5.65 Å². The molecule has 0 spiro atoms. The fourth-order valence-corrected chi connectivity index (χ4v) is 1.25. The molecule has 14 heavy (non-hydrogen) atoms. The Balaban J connectivity index is 2.79. The van der Waals surface area contributed by atoms with Gasteiger partial charge in [-0.15, -0.1) is 10.2 Å². The molecule has 0 fully saturated rings. The van der Waals surface area contributed by atoms with Gasteiger partial charge in [0.15, 0.2) is 5.65 Å². The number of halogens is 3. The molecule has 2 aromatic rings. The Hall–Kier alpha value is -1.59. The zero-order valence-corrected chi connectivity index (χ0v) is 7.21. The summed E-state index contributed by atoms with van der Waals surface area (Å²) in [5, 5.41) is 7.06. The minimum atomic E-state index is -4.39. The first-order valence-electron chi connectivity index (χ1n) is 3.87. The van der Waals surface area contributed by atoms with Crippen LogP contribution in [0.2, 0.25) is 0 Å². The van der Waals surface area contributed by atoms with E-state index in [2.05, 4.69) is 10.2 Å². The molecule has 2 heterocycles. The fourth-order valence-electron chi connectivity index (χ4n) is 1.25.